The SMILES string of the molecule is CC(C)(C)OC(=O)CN1CCN(Cc2ccc(C(C)(C)C)cc2)CCN(CC(=O)OC(C)(C)C)CCN(Cc2ccc(C(C)(C)C)cc2)CC1. The van der Waals surface area contributed by atoms with Gasteiger partial charge in [0.05, 0.1) is 13.1 Å². The van der Waals surface area contributed by atoms with Crippen LogP contribution in [0.3, 0.4) is 0 Å². The van der Waals surface area contributed by atoms with Crippen LogP contribution < -0.4 is 0 Å². The van der Waals surface area contributed by atoms with Crippen LogP contribution in [0, 0.1) is 0 Å². The minimum atomic E-state index is -0.530. The van der Waals surface area contributed by atoms with E-state index in [1.54, 1.807) is 0 Å². The average Bonchev–Trinajstić information content (AvgIpc) is 2.96. The number of hydrogen-bond donors (Lipinski definition) is 0. The molecule has 1 fully saturated rings. The second kappa shape index (κ2) is 17.6. The lowest BCUT2D eigenvalue weighted by Crippen LogP contribution is -2.48. The molecule has 0 radical (unpaired) electrons. The zero-order valence-corrected chi connectivity index (χ0v) is 33.5. The fourth-order valence-electron chi connectivity index (χ4n) is 6.06. The summed E-state index contributed by atoms with van der Waals surface area (Å²) in [5.41, 5.74) is 4.28. The summed E-state index contributed by atoms with van der Waals surface area (Å²) in [6.07, 6.45) is 0. The summed E-state index contributed by atoms with van der Waals surface area (Å²) < 4.78 is 11.5. The van der Waals surface area contributed by atoms with E-state index in [0.717, 1.165) is 65.4 Å². The third-order valence-electron chi connectivity index (χ3n) is 8.93. The third kappa shape index (κ3) is 15.6. The van der Waals surface area contributed by atoms with E-state index in [1.807, 2.05) is 41.5 Å². The molecule has 1 aliphatic heterocycles. The molecule has 0 N–H and O–H groups in total. The van der Waals surface area contributed by atoms with Gasteiger partial charge in [0.25, 0.3) is 0 Å². The van der Waals surface area contributed by atoms with Gasteiger partial charge in [-0.1, -0.05) is 90.1 Å². The van der Waals surface area contributed by atoms with Crippen LogP contribution in [0.5, 0.6) is 0 Å². The van der Waals surface area contributed by atoms with E-state index in [9.17, 15) is 9.59 Å². The molecular formula is C42H68N4O4. The smallest absolute Gasteiger partial charge is 0.320 e. The molecule has 2 aromatic carbocycles. The Morgan fingerprint density at radius 2 is 0.720 bits per heavy atom. The maximum absolute atomic E-state index is 13.1. The molecule has 50 heavy (non-hydrogen) atoms. The Morgan fingerprint density at radius 1 is 0.460 bits per heavy atom. The summed E-state index contributed by atoms with van der Waals surface area (Å²) in [6.45, 7) is 33.1. The summed E-state index contributed by atoms with van der Waals surface area (Å²) in [5, 5.41) is 0. The fourth-order valence-corrected chi connectivity index (χ4v) is 6.06. The molecule has 0 amide bonds. The summed E-state index contributed by atoms with van der Waals surface area (Å²) in [5.74, 6) is -0.386. The number of esters is 2. The molecule has 1 saturated heterocycles. The minimum Gasteiger partial charge on any atom is -0.459 e. The predicted molar refractivity (Wildman–Crippen MR) is 205 cm³/mol. The first-order valence-electron chi connectivity index (χ1n) is 18.6. The van der Waals surface area contributed by atoms with Crippen molar-refractivity contribution in [3.8, 4) is 0 Å². The van der Waals surface area contributed by atoms with Gasteiger partial charge in [0.1, 0.15) is 11.2 Å². The van der Waals surface area contributed by atoms with Crippen molar-refractivity contribution >= 4 is 11.9 Å². The van der Waals surface area contributed by atoms with Crippen LogP contribution in [0.2, 0.25) is 0 Å². The predicted octanol–water partition coefficient (Wildman–Crippen LogP) is 6.89. The van der Waals surface area contributed by atoms with E-state index >= 15 is 0 Å². The van der Waals surface area contributed by atoms with Crippen LogP contribution >= 0.6 is 0 Å². The quantitative estimate of drug-likeness (QED) is 0.278. The first-order chi connectivity index (χ1) is 23.1. The molecular weight excluding hydrogens is 624 g/mol. The van der Waals surface area contributed by atoms with E-state index in [0.29, 0.717) is 0 Å². The van der Waals surface area contributed by atoms with E-state index in [2.05, 4.69) is 110 Å². The lowest BCUT2D eigenvalue weighted by molar-refractivity contribution is -0.157. The van der Waals surface area contributed by atoms with Crippen LogP contribution in [0.25, 0.3) is 0 Å². The number of ether oxygens (including phenoxy) is 2. The molecule has 1 heterocycles. The first-order valence-corrected chi connectivity index (χ1v) is 18.6. The number of carbonyl (C=O) groups excluding carboxylic acids is 2. The lowest BCUT2D eigenvalue weighted by Gasteiger charge is -2.34. The van der Waals surface area contributed by atoms with Crippen LogP contribution in [0.4, 0.5) is 0 Å². The summed E-state index contributed by atoms with van der Waals surface area (Å²) in [4.78, 5) is 35.6. The highest BCUT2D eigenvalue weighted by Gasteiger charge is 2.24. The Bertz CT molecular complexity index is 1220. The Morgan fingerprint density at radius 3 is 0.960 bits per heavy atom. The Hall–Kier alpha value is -2.78. The van der Waals surface area contributed by atoms with Crippen molar-refractivity contribution in [1.29, 1.82) is 0 Å². The monoisotopic (exact) mass is 693 g/mol. The van der Waals surface area contributed by atoms with Crippen LogP contribution in [-0.2, 0) is 43.0 Å². The van der Waals surface area contributed by atoms with Crippen LogP contribution in [0.1, 0.15) is 105 Å². The van der Waals surface area contributed by atoms with Gasteiger partial charge in [0, 0.05) is 65.4 Å². The largest absolute Gasteiger partial charge is 0.459 e. The number of rotatable bonds is 8. The normalized spacial score (nSPS) is 17.5. The highest BCUT2D eigenvalue weighted by atomic mass is 16.6. The van der Waals surface area contributed by atoms with E-state index in [4.69, 9.17) is 9.47 Å². The highest BCUT2D eigenvalue weighted by Crippen LogP contribution is 2.24. The topological polar surface area (TPSA) is 65.6 Å². The summed E-state index contributed by atoms with van der Waals surface area (Å²) >= 11 is 0. The second-order valence-electron chi connectivity index (χ2n) is 18.2. The zero-order chi connectivity index (χ0) is 37.3. The summed E-state index contributed by atoms with van der Waals surface area (Å²) in [6, 6.07) is 17.9. The molecule has 8 nitrogen and oxygen atoms in total. The van der Waals surface area contributed by atoms with Crippen molar-refractivity contribution in [2.45, 2.75) is 118 Å². The first kappa shape index (κ1) is 41.6. The van der Waals surface area contributed by atoms with Crippen molar-refractivity contribution in [2.24, 2.45) is 0 Å². The summed E-state index contributed by atoms with van der Waals surface area (Å²) in [7, 11) is 0. The molecule has 0 unspecified atom stereocenters. The highest BCUT2D eigenvalue weighted by molar-refractivity contribution is 5.72. The van der Waals surface area contributed by atoms with Gasteiger partial charge < -0.3 is 9.47 Å². The molecule has 0 atom stereocenters. The van der Waals surface area contributed by atoms with Gasteiger partial charge in [-0.15, -0.1) is 0 Å². The number of nitrogens with zero attached hydrogens (tertiary/aromatic N) is 4. The lowest BCUT2D eigenvalue weighted by atomic mass is 9.87. The number of benzene rings is 2. The Kier molecular flexibility index (Phi) is 14.7. The van der Waals surface area contributed by atoms with Crippen molar-refractivity contribution < 1.29 is 19.1 Å². The molecule has 0 aromatic heterocycles. The second-order valence-corrected chi connectivity index (χ2v) is 18.2. The van der Waals surface area contributed by atoms with E-state index in [-0.39, 0.29) is 35.9 Å². The molecule has 0 bridgehead atoms. The Balaban J connectivity index is 1.86. The van der Waals surface area contributed by atoms with Gasteiger partial charge in [-0.2, -0.15) is 0 Å². The average molecular weight is 693 g/mol. The van der Waals surface area contributed by atoms with E-state index in [1.165, 1.54) is 22.3 Å². The fraction of sp³-hybridized carbons (Fsp3) is 0.667. The number of carbonyl (C=O) groups is 2. The molecule has 0 spiro atoms. The molecule has 280 valence electrons. The molecule has 0 aliphatic carbocycles. The van der Waals surface area contributed by atoms with Crippen molar-refractivity contribution in [3.63, 3.8) is 0 Å². The van der Waals surface area contributed by atoms with Crippen LogP contribution in [0.15, 0.2) is 48.5 Å². The Labute approximate surface area is 304 Å². The molecule has 3 rings (SSSR count). The van der Waals surface area contributed by atoms with Crippen molar-refractivity contribution in [3.05, 3.63) is 70.8 Å². The molecule has 0 saturated carbocycles. The standard InChI is InChI=1S/C42H68N4O4/c1-39(2,3)35-17-13-33(14-18-35)29-43-21-25-45(31-37(47)49-41(7,8)9)27-23-44(30-34-15-19-36(20-16-34)40(4,5)6)24-28-46(26-22-43)32-38(48)50-42(10,11)12/h13-20H,21-32H2,1-12H3. The maximum atomic E-state index is 13.1. The minimum absolute atomic E-state index is 0.0973. The van der Waals surface area contributed by atoms with Crippen LogP contribution in [-0.4, -0.2) is 108 Å². The van der Waals surface area contributed by atoms with Gasteiger partial charge in [0.2, 0.25) is 0 Å². The van der Waals surface area contributed by atoms with Gasteiger partial charge in [-0.3, -0.25) is 29.2 Å². The molecule has 8 heteroatoms. The van der Waals surface area contributed by atoms with E-state index < -0.39 is 11.2 Å². The number of hydrogen-bond acceptors (Lipinski definition) is 8. The van der Waals surface area contributed by atoms with Gasteiger partial charge >= 0.3 is 11.9 Å². The zero-order valence-electron chi connectivity index (χ0n) is 33.5. The molecule has 2 aromatic rings. The van der Waals surface area contributed by atoms with Gasteiger partial charge in [-0.25, -0.2) is 0 Å². The maximum Gasteiger partial charge on any atom is 0.320 e. The van der Waals surface area contributed by atoms with Crippen molar-refractivity contribution in [2.75, 3.05) is 65.4 Å². The third-order valence-corrected chi connectivity index (χ3v) is 8.93. The molecule has 1 aliphatic rings. The van der Waals surface area contributed by atoms with Crippen molar-refractivity contribution in [1.82, 2.24) is 19.6 Å². The van der Waals surface area contributed by atoms with Gasteiger partial charge in [-0.05, 0) is 74.6 Å². The van der Waals surface area contributed by atoms with Gasteiger partial charge in [0.15, 0.2) is 0 Å².